The number of carbonyl (C=O) groups excluding carboxylic acids is 1. The number of hydrogen-bond donors (Lipinski definition) is 1. The van der Waals surface area contributed by atoms with Crippen LogP contribution in [0, 0.1) is 0 Å². The van der Waals surface area contributed by atoms with E-state index in [4.69, 9.17) is 14.2 Å². The lowest BCUT2D eigenvalue weighted by Crippen LogP contribution is -2.40. The molecule has 0 radical (unpaired) electrons. The summed E-state index contributed by atoms with van der Waals surface area (Å²) in [5.41, 5.74) is 1.10. The highest BCUT2D eigenvalue weighted by atomic mass is 32.2. The monoisotopic (exact) mass is 470 g/mol. The Bertz CT molecular complexity index is 1160. The molecule has 0 aliphatic carbocycles. The maximum absolute atomic E-state index is 13.3. The minimum absolute atomic E-state index is 0.103. The van der Waals surface area contributed by atoms with Gasteiger partial charge in [-0.1, -0.05) is 36.4 Å². The summed E-state index contributed by atoms with van der Waals surface area (Å²) in [6, 6.07) is 20.0. The summed E-state index contributed by atoms with van der Waals surface area (Å²) in [5, 5.41) is 2.77. The molecule has 0 heterocycles. The quantitative estimate of drug-likeness (QED) is 0.489. The molecule has 9 heteroatoms. The van der Waals surface area contributed by atoms with Crippen LogP contribution in [0.2, 0.25) is 0 Å². The van der Waals surface area contributed by atoms with Gasteiger partial charge in [0.2, 0.25) is 11.7 Å². The van der Waals surface area contributed by atoms with Crippen LogP contribution in [0.25, 0.3) is 0 Å². The first kappa shape index (κ1) is 23.9. The number of anilines is 1. The highest BCUT2D eigenvalue weighted by Gasteiger charge is 2.27. The third-order valence-corrected chi connectivity index (χ3v) is 6.66. The van der Waals surface area contributed by atoms with Crippen molar-refractivity contribution in [2.75, 3.05) is 32.2 Å². The van der Waals surface area contributed by atoms with E-state index in [1.54, 1.807) is 60.7 Å². The summed E-state index contributed by atoms with van der Waals surface area (Å²) in [4.78, 5) is 12.9. The lowest BCUT2D eigenvalue weighted by atomic mass is 10.1. The molecule has 0 spiro atoms. The molecule has 3 rings (SSSR count). The zero-order chi connectivity index (χ0) is 23.8. The standard InChI is InChI=1S/C24H26N2O6S/c1-30-21-14-18(15-22(31-2)24(21)32-3)16-25-23(27)17-26(19-10-6-4-7-11-19)33(28,29)20-12-8-5-9-13-20/h4-15H,16-17H2,1-3H3,(H,25,27). The number of nitrogens with zero attached hydrogens (tertiary/aromatic N) is 1. The predicted molar refractivity (Wildman–Crippen MR) is 125 cm³/mol. The lowest BCUT2D eigenvalue weighted by molar-refractivity contribution is -0.119. The van der Waals surface area contributed by atoms with Gasteiger partial charge in [-0.05, 0) is 42.0 Å². The Hall–Kier alpha value is -3.72. The second-order valence-corrected chi connectivity index (χ2v) is 8.83. The molecule has 1 N–H and O–H groups in total. The smallest absolute Gasteiger partial charge is 0.264 e. The van der Waals surface area contributed by atoms with Gasteiger partial charge in [-0.2, -0.15) is 0 Å². The minimum Gasteiger partial charge on any atom is -0.493 e. The van der Waals surface area contributed by atoms with Crippen LogP contribution >= 0.6 is 0 Å². The molecule has 0 aromatic heterocycles. The van der Waals surface area contributed by atoms with Gasteiger partial charge in [-0.15, -0.1) is 0 Å². The summed E-state index contributed by atoms with van der Waals surface area (Å²) >= 11 is 0. The van der Waals surface area contributed by atoms with Crippen molar-refractivity contribution >= 4 is 21.6 Å². The fourth-order valence-corrected chi connectivity index (χ4v) is 4.70. The molecule has 0 fully saturated rings. The van der Waals surface area contributed by atoms with Gasteiger partial charge in [-0.3, -0.25) is 9.10 Å². The van der Waals surface area contributed by atoms with Gasteiger partial charge in [-0.25, -0.2) is 8.42 Å². The Labute approximate surface area is 193 Å². The van der Waals surface area contributed by atoms with Crippen LogP contribution in [0.15, 0.2) is 77.7 Å². The molecule has 0 saturated heterocycles. The number of hydrogen-bond acceptors (Lipinski definition) is 6. The van der Waals surface area contributed by atoms with Gasteiger partial charge < -0.3 is 19.5 Å². The number of rotatable bonds is 10. The molecule has 33 heavy (non-hydrogen) atoms. The molecule has 1 amide bonds. The Balaban J connectivity index is 1.81. The van der Waals surface area contributed by atoms with Crippen molar-refractivity contribution < 1.29 is 27.4 Å². The van der Waals surface area contributed by atoms with Crippen molar-refractivity contribution in [1.29, 1.82) is 0 Å². The summed E-state index contributed by atoms with van der Waals surface area (Å²) in [5.74, 6) is 0.892. The lowest BCUT2D eigenvalue weighted by Gasteiger charge is -2.24. The minimum atomic E-state index is -3.95. The molecule has 174 valence electrons. The zero-order valence-electron chi connectivity index (χ0n) is 18.6. The number of sulfonamides is 1. The van der Waals surface area contributed by atoms with Crippen molar-refractivity contribution in [2.24, 2.45) is 0 Å². The second-order valence-electron chi connectivity index (χ2n) is 6.97. The summed E-state index contributed by atoms with van der Waals surface area (Å²) in [6.45, 7) is -0.241. The fourth-order valence-electron chi connectivity index (χ4n) is 3.25. The Morgan fingerprint density at radius 1 is 0.848 bits per heavy atom. The van der Waals surface area contributed by atoms with E-state index in [9.17, 15) is 13.2 Å². The van der Waals surface area contributed by atoms with Gasteiger partial charge in [0.05, 0.1) is 31.9 Å². The Kier molecular flexibility index (Phi) is 7.78. The summed E-state index contributed by atoms with van der Waals surface area (Å²) in [7, 11) is 0.572. The normalized spacial score (nSPS) is 10.9. The molecular weight excluding hydrogens is 444 g/mol. The SMILES string of the molecule is COc1cc(CNC(=O)CN(c2ccccc2)S(=O)(=O)c2ccccc2)cc(OC)c1OC. The van der Waals surface area contributed by atoms with Gasteiger partial charge in [0.1, 0.15) is 6.54 Å². The van der Waals surface area contributed by atoms with Gasteiger partial charge in [0, 0.05) is 6.54 Å². The maximum Gasteiger partial charge on any atom is 0.264 e. The van der Waals surface area contributed by atoms with E-state index in [2.05, 4.69) is 5.32 Å². The second kappa shape index (κ2) is 10.7. The van der Waals surface area contributed by atoms with Gasteiger partial charge >= 0.3 is 0 Å². The van der Waals surface area contributed by atoms with Crippen molar-refractivity contribution in [3.63, 3.8) is 0 Å². The van der Waals surface area contributed by atoms with E-state index < -0.39 is 15.9 Å². The average Bonchev–Trinajstić information content (AvgIpc) is 2.86. The highest BCUT2D eigenvalue weighted by Crippen LogP contribution is 2.38. The van der Waals surface area contributed by atoms with Crippen LogP contribution < -0.4 is 23.8 Å². The van der Waals surface area contributed by atoms with Crippen molar-refractivity contribution in [3.8, 4) is 17.2 Å². The first-order chi connectivity index (χ1) is 15.9. The van der Waals surface area contributed by atoms with Crippen LogP contribution in [-0.2, 0) is 21.4 Å². The number of methoxy groups -OCH3 is 3. The van der Waals surface area contributed by atoms with E-state index in [1.165, 1.54) is 33.5 Å². The van der Waals surface area contributed by atoms with Crippen LogP contribution in [0.3, 0.4) is 0 Å². The number of ether oxygens (including phenoxy) is 3. The van der Waals surface area contributed by atoms with Gasteiger partial charge in [0.25, 0.3) is 10.0 Å². The molecule has 3 aromatic carbocycles. The molecule has 0 saturated carbocycles. The summed E-state index contributed by atoms with van der Waals surface area (Å²) < 4.78 is 43.6. The number of benzene rings is 3. The van der Waals surface area contributed by atoms with Crippen LogP contribution in [0.5, 0.6) is 17.2 Å². The van der Waals surface area contributed by atoms with E-state index in [0.29, 0.717) is 28.5 Å². The third kappa shape index (κ3) is 5.56. The molecule has 0 aliphatic heterocycles. The van der Waals surface area contributed by atoms with E-state index in [-0.39, 0.29) is 18.0 Å². The highest BCUT2D eigenvalue weighted by molar-refractivity contribution is 7.92. The summed E-state index contributed by atoms with van der Waals surface area (Å²) in [6.07, 6.45) is 0. The molecule has 8 nitrogen and oxygen atoms in total. The van der Waals surface area contributed by atoms with Crippen LogP contribution in [-0.4, -0.2) is 42.2 Å². The van der Waals surface area contributed by atoms with Crippen molar-refractivity contribution in [3.05, 3.63) is 78.4 Å². The average molecular weight is 471 g/mol. The predicted octanol–water partition coefficient (Wildman–Crippen LogP) is 3.22. The third-order valence-electron chi connectivity index (χ3n) is 4.88. The fraction of sp³-hybridized carbons (Fsp3) is 0.208. The first-order valence-corrected chi connectivity index (χ1v) is 11.5. The maximum atomic E-state index is 13.3. The topological polar surface area (TPSA) is 94.2 Å². The molecule has 0 unspecified atom stereocenters. The van der Waals surface area contributed by atoms with Gasteiger partial charge in [0.15, 0.2) is 11.5 Å². The number of carbonyl (C=O) groups is 1. The van der Waals surface area contributed by atoms with E-state index >= 15 is 0 Å². The van der Waals surface area contributed by atoms with E-state index in [1.807, 2.05) is 0 Å². The zero-order valence-corrected chi connectivity index (χ0v) is 19.5. The Morgan fingerprint density at radius 3 is 1.91 bits per heavy atom. The molecule has 0 atom stereocenters. The van der Waals surface area contributed by atoms with Crippen LogP contribution in [0.1, 0.15) is 5.56 Å². The molecule has 3 aromatic rings. The number of amides is 1. The molecular formula is C24H26N2O6S. The number of para-hydroxylation sites is 1. The van der Waals surface area contributed by atoms with Crippen molar-refractivity contribution in [2.45, 2.75) is 11.4 Å². The van der Waals surface area contributed by atoms with E-state index in [0.717, 1.165) is 4.31 Å². The first-order valence-electron chi connectivity index (χ1n) is 10.1. The number of nitrogens with one attached hydrogen (secondary N) is 1. The van der Waals surface area contributed by atoms with Crippen LogP contribution in [0.4, 0.5) is 5.69 Å². The largest absolute Gasteiger partial charge is 0.493 e. The molecule has 0 aliphatic rings. The Morgan fingerprint density at radius 2 is 1.39 bits per heavy atom. The molecule has 0 bridgehead atoms. The van der Waals surface area contributed by atoms with Crippen molar-refractivity contribution in [1.82, 2.24) is 5.32 Å².